The summed E-state index contributed by atoms with van der Waals surface area (Å²) >= 11 is 3.17. The topological polar surface area (TPSA) is 67.4 Å². The van der Waals surface area contributed by atoms with E-state index in [0.29, 0.717) is 15.8 Å². The van der Waals surface area contributed by atoms with Crippen LogP contribution in [0.5, 0.6) is 5.75 Å². The number of rotatable bonds is 6. The third-order valence-electron chi connectivity index (χ3n) is 3.34. The zero-order valence-corrected chi connectivity index (χ0v) is 15.2. The van der Waals surface area contributed by atoms with Crippen molar-refractivity contribution in [2.75, 3.05) is 6.61 Å². The van der Waals surface area contributed by atoms with Crippen molar-refractivity contribution in [2.45, 2.75) is 19.8 Å². The molecule has 2 N–H and O–H groups in total. The van der Waals surface area contributed by atoms with Crippen molar-refractivity contribution in [3.05, 3.63) is 63.9 Å². The third-order valence-corrected chi connectivity index (χ3v) is 3.83. The second-order valence-electron chi connectivity index (χ2n) is 5.44. The maximum atomic E-state index is 13.7. The van der Waals surface area contributed by atoms with Gasteiger partial charge in [-0.25, -0.2) is 4.39 Å². The molecule has 0 bridgehead atoms. The number of ether oxygens (including phenoxy) is 1. The van der Waals surface area contributed by atoms with E-state index in [1.54, 1.807) is 24.3 Å². The smallest absolute Gasteiger partial charge is 0.276 e. The summed E-state index contributed by atoms with van der Waals surface area (Å²) in [5, 5.41) is 0. The van der Waals surface area contributed by atoms with Gasteiger partial charge in [0, 0.05) is 10.9 Å². The Balaban J connectivity index is 1.69. The van der Waals surface area contributed by atoms with Crippen LogP contribution < -0.4 is 15.6 Å². The monoisotopic (exact) mass is 408 g/mol. The summed E-state index contributed by atoms with van der Waals surface area (Å²) < 4.78 is 19.6. The molecule has 0 unspecified atom stereocenters. The van der Waals surface area contributed by atoms with Crippen LogP contribution in [0.4, 0.5) is 4.39 Å². The Hall–Kier alpha value is -2.41. The fourth-order valence-electron chi connectivity index (χ4n) is 2.06. The van der Waals surface area contributed by atoms with Gasteiger partial charge in [0.15, 0.2) is 6.61 Å². The lowest BCUT2D eigenvalue weighted by Gasteiger charge is -2.09. The number of hydrogen-bond donors (Lipinski definition) is 2. The van der Waals surface area contributed by atoms with Crippen molar-refractivity contribution >= 4 is 27.7 Å². The molecule has 0 fully saturated rings. The number of aryl methyl sites for hydroxylation is 2. The van der Waals surface area contributed by atoms with E-state index in [1.807, 2.05) is 19.1 Å². The zero-order valence-electron chi connectivity index (χ0n) is 13.6. The summed E-state index contributed by atoms with van der Waals surface area (Å²) in [5.41, 5.74) is 6.00. The van der Waals surface area contributed by atoms with Gasteiger partial charge in [-0.2, -0.15) is 0 Å². The zero-order chi connectivity index (χ0) is 18.2. The molecule has 2 amide bonds. The molecule has 0 aliphatic heterocycles. The number of hydrazine groups is 1. The average Bonchev–Trinajstić information content (AvgIpc) is 2.57. The van der Waals surface area contributed by atoms with E-state index in [-0.39, 0.29) is 25.3 Å². The number of amides is 2. The van der Waals surface area contributed by atoms with Crippen molar-refractivity contribution in [3.63, 3.8) is 0 Å². The van der Waals surface area contributed by atoms with E-state index in [1.165, 1.54) is 6.07 Å². The summed E-state index contributed by atoms with van der Waals surface area (Å²) in [5.74, 6) is -0.694. The molecule has 5 nitrogen and oxygen atoms in total. The normalized spacial score (nSPS) is 10.2. The fraction of sp³-hybridized carbons (Fsp3) is 0.222. The van der Waals surface area contributed by atoms with Crippen LogP contribution in [0.1, 0.15) is 17.5 Å². The van der Waals surface area contributed by atoms with Gasteiger partial charge in [-0.05, 0) is 48.7 Å². The summed E-state index contributed by atoms with van der Waals surface area (Å²) in [6.07, 6.45) is 0.290. The molecule has 0 heterocycles. The molecule has 0 saturated heterocycles. The minimum absolute atomic E-state index is 0.0531. The van der Waals surface area contributed by atoms with Gasteiger partial charge in [0.2, 0.25) is 5.91 Å². The van der Waals surface area contributed by atoms with E-state index in [4.69, 9.17) is 4.74 Å². The Labute approximate surface area is 153 Å². The Bertz CT molecular complexity index is 768. The molecular formula is C18H18BrFN2O3. The van der Waals surface area contributed by atoms with Crippen molar-refractivity contribution in [2.24, 2.45) is 0 Å². The van der Waals surface area contributed by atoms with Gasteiger partial charge in [0.25, 0.3) is 5.91 Å². The molecule has 0 radical (unpaired) electrons. The summed E-state index contributed by atoms with van der Waals surface area (Å²) in [6, 6.07) is 12.0. The predicted octanol–water partition coefficient (Wildman–Crippen LogP) is 3.06. The fourth-order valence-corrected chi connectivity index (χ4v) is 2.40. The molecule has 25 heavy (non-hydrogen) atoms. The van der Waals surface area contributed by atoms with Gasteiger partial charge >= 0.3 is 0 Å². The van der Waals surface area contributed by atoms with E-state index >= 15 is 0 Å². The van der Waals surface area contributed by atoms with Crippen LogP contribution in [0.15, 0.2) is 46.9 Å². The number of halogens is 2. The standard InChI is InChI=1S/C18H18BrFN2O3/c1-12-3-2-4-15(9-12)25-11-18(24)22-21-17(23)8-6-13-5-7-14(19)10-16(13)20/h2-5,7,9-10H,6,8,11H2,1H3,(H,21,23)(H,22,24). The minimum Gasteiger partial charge on any atom is -0.484 e. The van der Waals surface area contributed by atoms with Crippen molar-refractivity contribution < 1.29 is 18.7 Å². The third kappa shape index (κ3) is 6.54. The second kappa shape index (κ2) is 9.17. The average molecular weight is 409 g/mol. The first-order chi connectivity index (χ1) is 11.9. The molecule has 2 rings (SSSR count). The van der Waals surface area contributed by atoms with Crippen molar-refractivity contribution in [1.82, 2.24) is 10.9 Å². The Kier molecular flexibility index (Phi) is 6.94. The Morgan fingerprint density at radius 1 is 1.12 bits per heavy atom. The molecule has 2 aromatic carbocycles. The van der Waals surface area contributed by atoms with Gasteiger partial charge in [0.1, 0.15) is 11.6 Å². The molecular weight excluding hydrogens is 391 g/mol. The highest BCUT2D eigenvalue weighted by atomic mass is 79.9. The van der Waals surface area contributed by atoms with Gasteiger partial charge in [-0.1, -0.05) is 34.1 Å². The van der Waals surface area contributed by atoms with Crippen LogP contribution >= 0.6 is 15.9 Å². The summed E-state index contributed by atoms with van der Waals surface area (Å²) in [7, 11) is 0. The van der Waals surface area contributed by atoms with Crippen molar-refractivity contribution in [3.8, 4) is 5.75 Å². The van der Waals surface area contributed by atoms with Crippen LogP contribution in [0.25, 0.3) is 0 Å². The van der Waals surface area contributed by atoms with Gasteiger partial charge in [-0.3, -0.25) is 20.4 Å². The largest absolute Gasteiger partial charge is 0.484 e. The second-order valence-corrected chi connectivity index (χ2v) is 6.35. The lowest BCUT2D eigenvalue weighted by molar-refractivity contribution is -0.130. The molecule has 0 aromatic heterocycles. The van der Waals surface area contributed by atoms with E-state index in [2.05, 4.69) is 26.8 Å². The van der Waals surface area contributed by atoms with Crippen LogP contribution in [0, 0.1) is 12.7 Å². The molecule has 0 aliphatic carbocycles. The van der Waals surface area contributed by atoms with Gasteiger partial charge in [0.05, 0.1) is 0 Å². The molecule has 0 saturated carbocycles. The quantitative estimate of drug-likeness (QED) is 0.721. The van der Waals surface area contributed by atoms with Crippen LogP contribution in [0.3, 0.4) is 0 Å². The number of benzene rings is 2. The van der Waals surface area contributed by atoms with Crippen LogP contribution in [-0.2, 0) is 16.0 Å². The molecule has 0 aliphatic rings. The highest BCUT2D eigenvalue weighted by molar-refractivity contribution is 9.10. The predicted molar refractivity (Wildman–Crippen MR) is 95.4 cm³/mol. The summed E-state index contributed by atoms with van der Waals surface area (Å²) in [6.45, 7) is 1.70. The molecule has 0 spiro atoms. The van der Waals surface area contributed by atoms with E-state index < -0.39 is 11.8 Å². The van der Waals surface area contributed by atoms with Gasteiger partial charge < -0.3 is 4.74 Å². The van der Waals surface area contributed by atoms with Gasteiger partial charge in [-0.15, -0.1) is 0 Å². The lowest BCUT2D eigenvalue weighted by Crippen LogP contribution is -2.43. The van der Waals surface area contributed by atoms with E-state index in [0.717, 1.165) is 5.56 Å². The van der Waals surface area contributed by atoms with E-state index in [9.17, 15) is 14.0 Å². The maximum Gasteiger partial charge on any atom is 0.276 e. The first kappa shape index (κ1) is 18.9. The maximum absolute atomic E-state index is 13.7. The SMILES string of the molecule is Cc1cccc(OCC(=O)NNC(=O)CCc2ccc(Br)cc2F)c1. The lowest BCUT2D eigenvalue weighted by atomic mass is 10.1. The van der Waals surface area contributed by atoms with Crippen LogP contribution in [0.2, 0.25) is 0 Å². The molecule has 7 heteroatoms. The number of hydrogen-bond acceptors (Lipinski definition) is 3. The Morgan fingerprint density at radius 2 is 1.88 bits per heavy atom. The summed E-state index contributed by atoms with van der Waals surface area (Å²) in [4.78, 5) is 23.4. The first-order valence-corrected chi connectivity index (χ1v) is 8.44. The Morgan fingerprint density at radius 3 is 2.60 bits per heavy atom. The van der Waals surface area contributed by atoms with Crippen molar-refractivity contribution in [1.29, 1.82) is 0 Å². The van der Waals surface area contributed by atoms with Crippen LogP contribution in [-0.4, -0.2) is 18.4 Å². The number of carbonyl (C=O) groups is 2. The number of carbonyl (C=O) groups excluding carboxylic acids is 2. The molecule has 2 aromatic rings. The minimum atomic E-state index is -0.482. The first-order valence-electron chi connectivity index (χ1n) is 7.65. The number of nitrogens with one attached hydrogen (secondary N) is 2. The highest BCUT2D eigenvalue weighted by Crippen LogP contribution is 2.16. The molecule has 132 valence electrons. The highest BCUT2D eigenvalue weighted by Gasteiger charge is 2.08. The molecule has 0 atom stereocenters.